The van der Waals surface area contributed by atoms with Crippen LogP contribution in [0.1, 0.15) is 32.8 Å². The molecule has 0 atom stereocenters. The highest BCUT2D eigenvalue weighted by Gasteiger charge is 2.06. The van der Waals surface area contributed by atoms with Crippen molar-refractivity contribution < 1.29 is 9.84 Å². The number of aromatic hydroxyl groups is 1. The molecule has 0 amide bonds. The summed E-state index contributed by atoms with van der Waals surface area (Å²) < 4.78 is 5.09. The summed E-state index contributed by atoms with van der Waals surface area (Å²) in [5.74, 6) is 0.906. The average molecular weight is 327 g/mol. The molecule has 0 heterocycles. The van der Waals surface area contributed by atoms with Crippen LogP contribution in [0.3, 0.4) is 0 Å². The van der Waals surface area contributed by atoms with E-state index >= 15 is 0 Å². The van der Waals surface area contributed by atoms with Crippen LogP contribution < -0.4 is 4.74 Å². The van der Waals surface area contributed by atoms with Gasteiger partial charge in [0.1, 0.15) is 11.5 Å². The fourth-order valence-corrected chi connectivity index (χ4v) is 1.71. The van der Waals surface area contributed by atoms with Crippen molar-refractivity contribution >= 4 is 5.71 Å². The van der Waals surface area contributed by atoms with Gasteiger partial charge in [0, 0.05) is 12.6 Å². The summed E-state index contributed by atoms with van der Waals surface area (Å²) in [6.45, 7) is 9.74. The minimum Gasteiger partial charge on any atom is -0.507 e. The number of ether oxygens (including phenoxy) is 1. The first-order chi connectivity index (χ1) is 11.5. The van der Waals surface area contributed by atoms with Crippen LogP contribution in [0, 0.1) is 0 Å². The van der Waals surface area contributed by atoms with E-state index in [1.165, 1.54) is 5.57 Å². The van der Waals surface area contributed by atoms with Gasteiger partial charge in [0.2, 0.25) is 0 Å². The van der Waals surface area contributed by atoms with Crippen LogP contribution in [0.5, 0.6) is 11.5 Å². The Morgan fingerprint density at radius 1 is 1.33 bits per heavy atom. The molecule has 0 aliphatic carbocycles. The molecule has 0 aliphatic heterocycles. The fraction of sp³-hybridized carbons (Fsp3) is 0.286. The van der Waals surface area contributed by atoms with Crippen molar-refractivity contribution in [1.29, 1.82) is 0 Å². The molecule has 0 radical (unpaired) electrons. The van der Waals surface area contributed by atoms with E-state index in [1.54, 1.807) is 38.4 Å². The molecule has 1 aromatic carbocycles. The molecule has 3 heteroatoms. The molecular formula is C21H29NO2. The van der Waals surface area contributed by atoms with Gasteiger partial charge in [0.25, 0.3) is 0 Å². The number of aliphatic imine (C=N–C) groups is 1. The minimum atomic E-state index is 0.203. The van der Waals surface area contributed by atoms with Crippen molar-refractivity contribution in [2.45, 2.75) is 27.2 Å². The van der Waals surface area contributed by atoms with E-state index in [-0.39, 0.29) is 5.75 Å². The Kier molecular flexibility index (Phi) is 11.6. The Bertz CT molecular complexity index is 623. The molecular weight excluding hydrogens is 298 g/mol. The lowest BCUT2D eigenvalue weighted by molar-refractivity contribution is 0.412. The molecule has 0 bridgehead atoms. The molecule has 0 spiro atoms. The van der Waals surface area contributed by atoms with E-state index in [0.29, 0.717) is 11.3 Å². The summed E-state index contributed by atoms with van der Waals surface area (Å²) in [5, 5.41) is 9.69. The Balaban J connectivity index is 0.000000506. The van der Waals surface area contributed by atoms with Gasteiger partial charge < -0.3 is 9.84 Å². The van der Waals surface area contributed by atoms with Crippen LogP contribution in [-0.2, 0) is 0 Å². The van der Waals surface area contributed by atoms with E-state index in [4.69, 9.17) is 4.74 Å². The predicted molar refractivity (Wildman–Crippen MR) is 105 cm³/mol. The monoisotopic (exact) mass is 327 g/mol. The van der Waals surface area contributed by atoms with E-state index in [0.717, 1.165) is 12.1 Å². The lowest BCUT2D eigenvalue weighted by Crippen LogP contribution is -1.98. The van der Waals surface area contributed by atoms with Gasteiger partial charge in [-0.15, -0.1) is 0 Å². The molecule has 3 nitrogen and oxygen atoms in total. The number of nitrogens with zero attached hydrogens (tertiary/aromatic N) is 1. The highest BCUT2D eigenvalue weighted by atomic mass is 16.5. The fourth-order valence-electron chi connectivity index (χ4n) is 1.71. The maximum Gasteiger partial charge on any atom is 0.125 e. The SMILES string of the molecule is C/C=C\C(=NC)c1cc(OC)ccc1O.C=C/C=C\C=C(/C)CC. The highest BCUT2D eigenvalue weighted by molar-refractivity contribution is 6.10. The molecule has 0 aliphatic rings. The predicted octanol–water partition coefficient (Wildman–Crippen LogP) is 5.48. The largest absolute Gasteiger partial charge is 0.507 e. The molecule has 0 aromatic heterocycles. The van der Waals surface area contributed by atoms with Crippen molar-refractivity contribution in [3.63, 3.8) is 0 Å². The second kappa shape index (κ2) is 12.9. The zero-order chi connectivity index (χ0) is 18.4. The summed E-state index contributed by atoms with van der Waals surface area (Å²) in [6, 6.07) is 5.07. The quantitative estimate of drug-likeness (QED) is 0.555. The topological polar surface area (TPSA) is 41.8 Å². The smallest absolute Gasteiger partial charge is 0.125 e. The van der Waals surface area contributed by atoms with Crippen LogP contribution in [0.25, 0.3) is 0 Å². The third kappa shape index (κ3) is 8.18. The summed E-state index contributed by atoms with van der Waals surface area (Å²) in [6.07, 6.45) is 12.7. The molecule has 130 valence electrons. The molecule has 1 rings (SSSR count). The van der Waals surface area contributed by atoms with Gasteiger partial charge in [-0.05, 0) is 44.5 Å². The number of rotatable bonds is 6. The van der Waals surface area contributed by atoms with Gasteiger partial charge in [-0.25, -0.2) is 0 Å². The Morgan fingerprint density at radius 2 is 2.04 bits per heavy atom. The van der Waals surface area contributed by atoms with Gasteiger partial charge in [-0.1, -0.05) is 49.5 Å². The number of allylic oxidation sites excluding steroid dienone is 7. The second-order valence-electron chi connectivity index (χ2n) is 4.98. The lowest BCUT2D eigenvalue weighted by Gasteiger charge is -2.06. The molecule has 1 aromatic rings. The number of hydrogen-bond acceptors (Lipinski definition) is 3. The van der Waals surface area contributed by atoms with Gasteiger partial charge in [-0.2, -0.15) is 0 Å². The summed E-state index contributed by atoms with van der Waals surface area (Å²) in [7, 11) is 3.28. The van der Waals surface area contributed by atoms with E-state index in [1.807, 2.05) is 31.2 Å². The average Bonchev–Trinajstić information content (AvgIpc) is 2.61. The standard InChI is InChI=1S/C12H15NO2.C9H14/c1-4-5-11(13-2)10-8-9(15-3)6-7-12(10)14;1-4-6-7-8-9(3)5-2/h4-8,14H,1-3H3;4,6-8H,1,5H2,2-3H3/b5-4-,13-11?;7-6-,9-8+. The van der Waals surface area contributed by atoms with Crippen LogP contribution >= 0.6 is 0 Å². The van der Waals surface area contributed by atoms with E-state index in [9.17, 15) is 5.11 Å². The van der Waals surface area contributed by atoms with Crippen LogP contribution in [0.4, 0.5) is 0 Å². The van der Waals surface area contributed by atoms with Gasteiger partial charge in [0.05, 0.1) is 12.8 Å². The normalized spacial score (nSPS) is 12.2. The first-order valence-corrected chi connectivity index (χ1v) is 7.95. The van der Waals surface area contributed by atoms with Crippen molar-refractivity contribution in [3.05, 3.63) is 72.4 Å². The Hall–Kier alpha value is -2.55. The number of phenolic OH excluding ortho intramolecular Hbond substituents is 1. The van der Waals surface area contributed by atoms with Crippen LogP contribution in [0.2, 0.25) is 0 Å². The highest BCUT2D eigenvalue weighted by Crippen LogP contribution is 2.23. The molecule has 0 fully saturated rings. The van der Waals surface area contributed by atoms with E-state index < -0.39 is 0 Å². The zero-order valence-corrected chi connectivity index (χ0v) is 15.4. The zero-order valence-electron chi connectivity index (χ0n) is 15.4. The minimum absolute atomic E-state index is 0.203. The summed E-state index contributed by atoms with van der Waals surface area (Å²) in [4.78, 5) is 4.10. The maximum absolute atomic E-state index is 9.69. The Labute approximate surface area is 146 Å². The first-order valence-electron chi connectivity index (χ1n) is 7.95. The number of methoxy groups -OCH3 is 1. The lowest BCUT2D eigenvalue weighted by atomic mass is 10.1. The van der Waals surface area contributed by atoms with E-state index in [2.05, 4.69) is 31.5 Å². The van der Waals surface area contributed by atoms with Crippen molar-refractivity contribution in [2.75, 3.05) is 14.2 Å². The molecule has 1 N–H and O–H groups in total. The van der Waals surface area contributed by atoms with Crippen molar-refractivity contribution in [1.82, 2.24) is 0 Å². The molecule has 0 saturated heterocycles. The molecule has 24 heavy (non-hydrogen) atoms. The first kappa shape index (κ1) is 21.4. The second-order valence-corrected chi connectivity index (χ2v) is 4.98. The van der Waals surface area contributed by atoms with Gasteiger partial charge in [-0.3, -0.25) is 4.99 Å². The Morgan fingerprint density at radius 3 is 2.54 bits per heavy atom. The third-order valence-corrected chi connectivity index (χ3v) is 3.23. The summed E-state index contributed by atoms with van der Waals surface area (Å²) >= 11 is 0. The maximum atomic E-state index is 9.69. The number of benzene rings is 1. The van der Waals surface area contributed by atoms with Crippen LogP contribution in [-0.4, -0.2) is 25.0 Å². The van der Waals surface area contributed by atoms with Crippen molar-refractivity contribution in [2.24, 2.45) is 4.99 Å². The summed E-state index contributed by atoms with van der Waals surface area (Å²) in [5.41, 5.74) is 2.80. The number of phenols is 1. The third-order valence-electron chi connectivity index (χ3n) is 3.23. The molecule has 0 unspecified atom stereocenters. The van der Waals surface area contributed by atoms with Crippen LogP contribution in [0.15, 0.2) is 71.8 Å². The van der Waals surface area contributed by atoms with Gasteiger partial charge >= 0.3 is 0 Å². The van der Waals surface area contributed by atoms with Gasteiger partial charge in [0.15, 0.2) is 0 Å². The molecule has 0 saturated carbocycles. The van der Waals surface area contributed by atoms with Crippen molar-refractivity contribution in [3.8, 4) is 11.5 Å². The number of hydrogen-bond donors (Lipinski definition) is 1.